The lowest BCUT2D eigenvalue weighted by Crippen LogP contribution is -2.21. The maximum absolute atomic E-state index is 12.0. The van der Waals surface area contributed by atoms with Gasteiger partial charge in [-0.3, -0.25) is 9.44 Å². The van der Waals surface area contributed by atoms with Gasteiger partial charge in [0.25, 0.3) is 0 Å². The van der Waals surface area contributed by atoms with Crippen LogP contribution in [0.3, 0.4) is 0 Å². The van der Waals surface area contributed by atoms with Gasteiger partial charge in [0.1, 0.15) is 5.75 Å². The smallest absolute Gasteiger partial charge is 0.321 e. The van der Waals surface area contributed by atoms with Crippen molar-refractivity contribution in [3.63, 3.8) is 0 Å². The van der Waals surface area contributed by atoms with Gasteiger partial charge in [-0.15, -0.1) is 0 Å². The summed E-state index contributed by atoms with van der Waals surface area (Å²) in [6.07, 6.45) is 0. The highest BCUT2D eigenvalue weighted by Gasteiger charge is 2.13. The third kappa shape index (κ3) is 3.87. The largest absolute Gasteiger partial charge is 0.495 e. The highest BCUT2D eigenvalue weighted by atomic mass is 32.2. The highest BCUT2D eigenvalue weighted by molar-refractivity contribution is 7.94. The van der Waals surface area contributed by atoms with Gasteiger partial charge in [0.15, 0.2) is 0 Å². The maximum atomic E-state index is 12.0. The van der Waals surface area contributed by atoms with E-state index in [9.17, 15) is 8.42 Å². The summed E-state index contributed by atoms with van der Waals surface area (Å²) in [6, 6.07) is 14.9. The Morgan fingerprint density at radius 1 is 1.10 bits per heavy atom. The zero-order chi connectivity index (χ0) is 15.3. The van der Waals surface area contributed by atoms with E-state index in [1.807, 2.05) is 6.07 Å². The number of ether oxygens (including phenoxy) is 1. The minimum Gasteiger partial charge on any atom is -0.495 e. The number of para-hydroxylation sites is 1. The molecule has 0 saturated carbocycles. The van der Waals surface area contributed by atoms with Crippen LogP contribution in [-0.4, -0.2) is 15.5 Å². The Kier molecular flexibility index (Phi) is 4.30. The van der Waals surface area contributed by atoms with Crippen LogP contribution in [-0.2, 0) is 10.2 Å². The molecule has 0 fully saturated rings. The van der Waals surface area contributed by atoms with Crippen LogP contribution in [0.2, 0.25) is 0 Å². The number of nitrogens with one attached hydrogen (secondary N) is 2. The molecule has 0 heterocycles. The van der Waals surface area contributed by atoms with Gasteiger partial charge in [-0.05, 0) is 24.3 Å². The molecule has 0 aliphatic rings. The number of hydrogen-bond acceptors (Lipinski definition) is 4. The predicted octanol–water partition coefficient (Wildman–Crippen LogP) is 2.34. The van der Waals surface area contributed by atoms with E-state index >= 15 is 0 Å². The van der Waals surface area contributed by atoms with Crippen LogP contribution in [0.15, 0.2) is 48.5 Å². The summed E-state index contributed by atoms with van der Waals surface area (Å²) in [7, 11) is -2.40. The number of rotatable bonds is 5. The standard InChI is InChI=1S/C14H13N3O3S/c1-20-14-9-11(10-15)7-8-13(14)17-21(18,19)16-12-5-3-2-4-6-12/h2-9,16-17H,1H3. The minimum atomic E-state index is -3.80. The molecule has 0 aliphatic heterocycles. The molecule has 2 N–H and O–H groups in total. The summed E-state index contributed by atoms with van der Waals surface area (Å²) in [5.41, 5.74) is 1.07. The molecule has 0 amide bonds. The van der Waals surface area contributed by atoms with Crippen LogP contribution in [0.4, 0.5) is 11.4 Å². The zero-order valence-corrected chi connectivity index (χ0v) is 12.0. The van der Waals surface area contributed by atoms with Crippen molar-refractivity contribution in [1.29, 1.82) is 5.26 Å². The lowest BCUT2D eigenvalue weighted by atomic mass is 10.2. The van der Waals surface area contributed by atoms with E-state index in [4.69, 9.17) is 10.00 Å². The summed E-state index contributed by atoms with van der Waals surface area (Å²) >= 11 is 0. The van der Waals surface area contributed by atoms with E-state index < -0.39 is 10.2 Å². The van der Waals surface area contributed by atoms with Crippen LogP contribution in [0.5, 0.6) is 5.75 Å². The van der Waals surface area contributed by atoms with Crippen molar-refractivity contribution >= 4 is 21.6 Å². The van der Waals surface area contributed by atoms with Crippen molar-refractivity contribution in [1.82, 2.24) is 0 Å². The molecule has 108 valence electrons. The number of benzene rings is 2. The molecule has 0 unspecified atom stereocenters. The average molecular weight is 303 g/mol. The first-order valence-corrected chi connectivity index (χ1v) is 7.46. The Hall–Kier alpha value is -2.72. The van der Waals surface area contributed by atoms with Crippen molar-refractivity contribution in [3.05, 3.63) is 54.1 Å². The molecule has 0 saturated heterocycles. The first-order valence-electron chi connectivity index (χ1n) is 5.98. The fourth-order valence-corrected chi connectivity index (χ4v) is 2.63. The Labute approximate surface area is 123 Å². The summed E-state index contributed by atoms with van der Waals surface area (Å²) < 4.78 is 33.9. The monoisotopic (exact) mass is 303 g/mol. The lowest BCUT2D eigenvalue weighted by Gasteiger charge is -2.13. The van der Waals surface area contributed by atoms with E-state index in [-0.39, 0.29) is 11.4 Å². The van der Waals surface area contributed by atoms with Crippen LogP contribution >= 0.6 is 0 Å². The quantitative estimate of drug-likeness (QED) is 0.887. The molecular weight excluding hydrogens is 290 g/mol. The number of nitriles is 1. The SMILES string of the molecule is COc1cc(C#N)ccc1NS(=O)(=O)Nc1ccccc1. The van der Waals surface area contributed by atoms with Gasteiger partial charge < -0.3 is 4.74 Å². The van der Waals surface area contributed by atoms with Crippen molar-refractivity contribution in [3.8, 4) is 11.8 Å². The van der Waals surface area contributed by atoms with Crippen LogP contribution < -0.4 is 14.2 Å². The molecule has 0 atom stereocenters. The van der Waals surface area contributed by atoms with Gasteiger partial charge in [0, 0.05) is 6.07 Å². The number of hydrogen-bond donors (Lipinski definition) is 2. The Balaban J connectivity index is 2.23. The van der Waals surface area contributed by atoms with Gasteiger partial charge in [0.2, 0.25) is 0 Å². The van der Waals surface area contributed by atoms with E-state index in [0.717, 1.165) is 0 Å². The Morgan fingerprint density at radius 2 is 1.81 bits per heavy atom. The average Bonchev–Trinajstić information content (AvgIpc) is 2.47. The molecule has 6 nitrogen and oxygen atoms in total. The van der Waals surface area contributed by atoms with Gasteiger partial charge in [-0.25, -0.2) is 0 Å². The van der Waals surface area contributed by atoms with Crippen molar-refractivity contribution in [2.24, 2.45) is 0 Å². The fourth-order valence-electron chi connectivity index (χ4n) is 1.68. The van der Waals surface area contributed by atoms with E-state index in [2.05, 4.69) is 9.44 Å². The predicted molar refractivity (Wildman–Crippen MR) is 80.3 cm³/mol. The zero-order valence-electron chi connectivity index (χ0n) is 11.2. The Morgan fingerprint density at radius 3 is 2.43 bits per heavy atom. The molecule has 0 radical (unpaired) electrons. The van der Waals surface area contributed by atoms with Crippen LogP contribution in [0.1, 0.15) is 5.56 Å². The number of nitrogens with zero attached hydrogens (tertiary/aromatic N) is 1. The van der Waals surface area contributed by atoms with Crippen molar-refractivity contribution in [2.45, 2.75) is 0 Å². The number of anilines is 2. The first kappa shape index (κ1) is 14.7. The molecule has 2 aromatic rings. The maximum Gasteiger partial charge on any atom is 0.321 e. The van der Waals surface area contributed by atoms with Gasteiger partial charge >= 0.3 is 10.2 Å². The van der Waals surface area contributed by atoms with Gasteiger partial charge in [-0.1, -0.05) is 18.2 Å². The summed E-state index contributed by atoms with van der Waals surface area (Å²) in [5.74, 6) is 0.271. The molecule has 2 rings (SSSR count). The number of methoxy groups -OCH3 is 1. The van der Waals surface area contributed by atoms with Gasteiger partial charge in [-0.2, -0.15) is 13.7 Å². The highest BCUT2D eigenvalue weighted by Crippen LogP contribution is 2.26. The van der Waals surface area contributed by atoms with Crippen LogP contribution in [0.25, 0.3) is 0 Å². The summed E-state index contributed by atoms with van der Waals surface area (Å²) in [5, 5.41) is 8.82. The van der Waals surface area contributed by atoms with Gasteiger partial charge in [0.05, 0.1) is 30.1 Å². The molecule has 0 spiro atoms. The molecule has 0 bridgehead atoms. The third-order valence-electron chi connectivity index (χ3n) is 2.60. The van der Waals surface area contributed by atoms with E-state index in [0.29, 0.717) is 11.3 Å². The van der Waals surface area contributed by atoms with E-state index in [1.165, 1.54) is 25.3 Å². The van der Waals surface area contributed by atoms with Crippen molar-refractivity contribution < 1.29 is 13.2 Å². The molecule has 21 heavy (non-hydrogen) atoms. The van der Waals surface area contributed by atoms with Crippen molar-refractivity contribution in [2.75, 3.05) is 16.6 Å². The molecule has 7 heteroatoms. The second-order valence-electron chi connectivity index (χ2n) is 4.10. The fraction of sp³-hybridized carbons (Fsp3) is 0.0714. The Bertz CT molecular complexity index is 768. The first-order chi connectivity index (χ1) is 10.0. The molecular formula is C14H13N3O3S. The third-order valence-corrected chi connectivity index (χ3v) is 3.59. The minimum absolute atomic E-state index is 0.250. The second-order valence-corrected chi connectivity index (χ2v) is 5.52. The summed E-state index contributed by atoms with van der Waals surface area (Å²) in [6.45, 7) is 0. The summed E-state index contributed by atoms with van der Waals surface area (Å²) in [4.78, 5) is 0. The topological polar surface area (TPSA) is 91.2 Å². The molecule has 0 aromatic heterocycles. The van der Waals surface area contributed by atoms with E-state index in [1.54, 1.807) is 30.3 Å². The lowest BCUT2D eigenvalue weighted by molar-refractivity contribution is 0.416. The van der Waals surface area contributed by atoms with Crippen LogP contribution in [0, 0.1) is 11.3 Å². The second kappa shape index (κ2) is 6.15. The molecule has 2 aromatic carbocycles. The normalized spacial score (nSPS) is 10.5. The molecule has 0 aliphatic carbocycles.